The number of hydrogen-bond donors (Lipinski definition) is 0. The molecule has 0 bridgehead atoms. The highest BCUT2D eigenvalue weighted by molar-refractivity contribution is 7.91. The summed E-state index contributed by atoms with van der Waals surface area (Å²) in [5.41, 5.74) is 0.460. The Kier molecular flexibility index (Phi) is 7.09. The highest BCUT2D eigenvalue weighted by atomic mass is 32.2. The highest BCUT2D eigenvalue weighted by Crippen LogP contribution is 2.24. The van der Waals surface area contributed by atoms with Crippen molar-refractivity contribution in [1.29, 1.82) is 0 Å². The van der Waals surface area contributed by atoms with Crippen LogP contribution in [0, 0.1) is 0 Å². The smallest absolute Gasteiger partial charge is 0.257 e. The summed E-state index contributed by atoms with van der Waals surface area (Å²) in [4.78, 5) is 14.8. The van der Waals surface area contributed by atoms with Crippen molar-refractivity contribution in [2.75, 3.05) is 39.4 Å². The summed E-state index contributed by atoms with van der Waals surface area (Å²) < 4.78 is 38.6. The van der Waals surface area contributed by atoms with Gasteiger partial charge < -0.3 is 14.4 Å². The van der Waals surface area contributed by atoms with E-state index in [1.54, 1.807) is 40.6 Å². The molecule has 1 saturated heterocycles. The Morgan fingerprint density at radius 3 is 2.25 bits per heavy atom. The molecule has 9 heteroatoms. The van der Waals surface area contributed by atoms with Crippen LogP contribution < -0.4 is 9.47 Å². The van der Waals surface area contributed by atoms with Gasteiger partial charge in [0, 0.05) is 26.2 Å². The lowest BCUT2D eigenvalue weighted by molar-refractivity contribution is 0.0692. The Hall–Kier alpha value is -2.88. The summed E-state index contributed by atoms with van der Waals surface area (Å²) in [6.45, 7) is 1.83. The first-order valence-electron chi connectivity index (χ1n) is 10.3. The Labute approximate surface area is 191 Å². The van der Waals surface area contributed by atoms with Gasteiger partial charge in [0.25, 0.3) is 15.9 Å². The fourth-order valence-electron chi connectivity index (χ4n) is 3.44. The van der Waals surface area contributed by atoms with Crippen molar-refractivity contribution in [3.63, 3.8) is 0 Å². The molecule has 7 nitrogen and oxygen atoms in total. The Morgan fingerprint density at radius 2 is 1.53 bits per heavy atom. The van der Waals surface area contributed by atoms with Crippen LogP contribution in [-0.2, 0) is 10.0 Å². The molecule has 1 amide bonds. The fraction of sp³-hybridized carbons (Fsp3) is 0.261. The number of thiophene rings is 1. The molecule has 1 aliphatic heterocycles. The van der Waals surface area contributed by atoms with E-state index in [4.69, 9.17) is 9.47 Å². The van der Waals surface area contributed by atoms with Crippen molar-refractivity contribution >= 4 is 27.3 Å². The second-order valence-electron chi connectivity index (χ2n) is 7.13. The lowest BCUT2D eigenvalue weighted by atomic mass is 10.1. The van der Waals surface area contributed by atoms with Crippen LogP contribution in [0.4, 0.5) is 0 Å². The molecule has 32 heavy (non-hydrogen) atoms. The third-order valence-corrected chi connectivity index (χ3v) is 8.36. The number of sulfonamides is 1. The molecular formula is C23H24N2O5S2. The standard InChI is InChI=1S/C23H24N2O5S2/c26-23(24-12-14-25(15-13-24)32(27,28)22-11-6-18-31-22)20-9-4-5-10-21(20)30-17-16-29-19-7-2-1-3-8-19/h1-11,18H,12-17H2. The van der Waals surface area contributed by atoms with E-state index in [2.05, 4.69) is 0 Å². The lowest BCUT2D eigenvalue weighted by Gasteiger charge is -2.34. The van der Waals surface area contributed by atoms with Crippen LogP contribution in [0.1, 0.15) is 10.4 Å². The molecule has 1 aliphatic rings. The summed E-state index contributed by atoms with van der Waals surface area (Å²) in [6, 6.07) is 19.9. The minimum absolute atomic E-state index is 0.169. The van der Waals surface area contributed by atoms with E-state index in [0.29, 0.717) is 41.8 Å². The van der Waals surface area contributed by atoms with Crippen molar-refractivity contribution in [3.8, 4) is 11.5 Å². The maximum Gasteiger partial charge on any atom is 0.257 e. The number of carbonyl (C=O) groups excluding carboxylic acids is 1. The van der Waals surface area contributed by atoms with Crippen LogP contribution in [0.15, 0.2) is 76.3 Å². The zero-order valence-corrected chi connectivity index (χ0v) is 19.1. The number of benzene rings is 2. The molecule has 0 saturated carbocycles. The SMILES string of the molecule is O=C(c1ccccc1OCCOc1ccccc1)N1CCN(S(=O)(=O)c2cccs2)CC1. The van der Waals surface area contributed by atoms with Crippen LogP contribution in [-0.4, -0.2) is 62.9 Å². The lowest BCUT2D eigenvalue weighted by Crippen LogP contribution is -2.50. The van der Waals surface area contributed by atoms with Crippen molar-refractivity contribution < 1.29 is 22.7 Å². The number of hydrogen-bond acceptors (Lipinski definition) is 6. The molecule has 0 unspecified atom stereocenters. The van der Waals surface area contributed by atoms with Crippen molar-refractivity contribution in [2.45, 2.75) is 4.21 Å². The third-order valence-electron chi connectivity index (χ3n) is 5.09. The summed E-state index contributed by atoms with van der Waals surface area (Å²) in [5.74, 6) is 1.08. The molecule has 168 valence electrons. The molecule has 4 rings (SSSR count). The van der Waals surface area contributed by atoms with Gasteiger partial charge in [-0.15, -0.1) is 11.3 Å². The number of para-hydroxylation sites is 2. The predicted octanol–water partition coefficient (Wildman–Crippen LogP) is 3.35. The Balaban J connectivity index is 1.34. The second-order valence-corrected chi connectivity index (χ2v) is 10.2. The molecule has 0 aliphatic carbocycles. The molecule has 3 aromatic rings. The molecule has 2 aromatic carbocycles. The van der Waals surface area contributed by atoms with Crippen LogP contribution >= 0.6 is 11.3 Å². The number of ether oxygens (including phenoxy) is 2. The van der Waals surface area contributed by atoms with Gasteiger partial charge >= 0.3 is 0 Å². The maximum atomic E-state index is 13.1. The second kappa shape index (κ2) is 10.2. The minimum atomic E-state index is -3.50. The zero-order valence-electron chi connectivity index (χ0n) is 17.4. The zero-order chi connectivity index (χ0) is 22.4. The Morgan fingerprint density at radius 1 is 0.844 bits per heavy atom. The van der Waals surface area contributed by atoms with Gasteiger partial charge in [-0.05, 0) is 35.7 Å². The summed E-state index contributed by atoms with van der Waals surface area (Å²) in [5, 5.41) is 1.74. The van der Waals surface area contributed by atoms with Gasteiger partial charge in [-0.3, -0.25) is 4.79 Å². The van der Waals surface area contributed by atoms with E-state index >= 15 is 0 Å². The highest BCUT2D eigenvalue weighted by Gasteiger charge is 2.31. The van der Waals surface area contributed by atoms with E-state index in [9.17, 15) is 13.2 Å². The van der Waals surface area contributed by atoms with Gasteiger partial charge in [-0.2, -0.15) is 4.31 Å². The topological polar surface area (TPSA) is 76.2 Å². The van der Waals surface area contributed by atoms with Gasteiger partial charge in [0.1, 0.15) is 28.9 Å². The van der Waals surface area contributed by atoms with Crippen molar-refractivity contribution in [2.24, 2.45) is 0 Å². The van der Waals surface area contributed by atoms with Crippen molar-refractivity contribution in [3.05, 3.63) is 77.7 Å². The molecule has 0 atom stereocenters. The number of rotatable bonds is 8. The monoisotopic (exact) mass is 472 g/mol. The van der Waals surface area contributed by atoms with Crippen LogP contribution in [0.25, 0.3) is 0 Å². The van der Waals surface area contributed by atoms with Crippen LogP contribution in [0.5, 0.6) is 11.5 Å². The number of piperazine rings is 1. The summed E-state index contributed by atoms with van der Waals surface area (Å²) in [6.07, 6.45) is 0. The van der Waals surface area contributed by atoms with Gasteiger partial charge in [0.05, 0.1) is 5.56 Å². The molecule has 1 fully saturated rings. The molecule has 0 radical (unpaired) electrons. The fourth-order valence-corrected chi connectivity index (χ4v) is 6.00. The summed E-state index contributed by atoms with van der Waals surface area (Å²) >= 11 is 1.20. The van der Waals surface area contributed by atoms with Crippen LogP contribution in [0.3, 0.4) is 0 Å². The molecule has 2 heterocycles. The first-order chi connectivity index (χ1) is 15.6. The average molecular weight is 473 g/mol. The van der Waals surface area contributed by atoms with Gasteiger partial charge in [0.15, 0.2) is 0 Å². The molecule has 0 spiro atoms. The summed E-state index contributed by atoms with van der Waals surface area (Å²) in [7, 11) is -3.50. The maximum absolute atomic E-state index is 13.1. The van der Waals surface area contributed by atoms with Gasteiger partial charge in [-0.1, -0.05) is 36.4 Å². The van der Waals surface area contributed by atoms with E-state index in [1.165, 1.54) is 15.6 Å². The van der Waals surface area contributed by atoms with E-state index in [-0.39, 0.29) is 19.0 Å². The third kappa shape index (κ3) is 5.12. The largest absolute Gasteiger partial charge is 0.490 e. The first kappa shape index (κ1) is 22.3. The minimum Gasteiger partial charge on any atom is -0.490 e. The average Bonchev–Trinajstić information content (AvgIpc) is 3.39. The molecule has 0 N–H and O–H groups in total. The van der Waals surface area contributed by atoms with Crippen molar-refractivity contribution in [1.82, 2.24) is 9.21 Å². The van der Waals surface area contributed by atoms with Gasteiger partial charge in [0.2, 0.25) is 0 Å². The number of carbonyl (C=O) groups is 1. The number of amides is 1. The van der Waals surface area contributed by atoms with E-state index in [0.717, 1.165) is 5.75 Å². The molecular weight excluding hydrogens is 448 g/mol. The van der Waals surface area contributed by atoms with Gasteiger partial charge in [-0.25, -0.2) is 8.42 Å². The normalized spacial score (nSPS) is 14.8. The van der Waals surface area contributed by atoms with E-state index in [1.807, 2.05) is 36.4 Å². The van der Waals surface area contributed by atoms with E-state index < -0.39 is 10.0 Å². The quantitative estimate of drug-likeness (QED) is 0.470. The Bertz CT molecular complexity index is 1130. The predicted molar refractivity (Wildman–Crippen MR) is 123 cm³/mol. The van der Waals surface area contributed by atoms with Crippen LogP contribution in [0.2, 0.25) is 0 Å². The molecule has 1 aromatic heterocycles. The number of nitrogens with zero attached hydrogens (tertiary/aromatic N) is 2. The first-order valence-corrected chi connectivity index (χ1v) is 12.6.